The molecule has 2 amide bonds. The molecule has 9 nitrogen and oxygen atoms in total. The van der Waals surface area contributed by atoms with Crippen molar-refractivity contribution in [3.63, 3.8) is 0 Å². The Bertz CT molecular complexity index is 1030. The number of aliphatic hydroxyl groups excluding tert-OH is 1. The molecule has 1 aromatic rings. The van der Waals surface area contributed by atoms with Crippen molar-refractivity contribution in [1.82, 2.24) is 20.4 Å². The molecule has 6 unspecified atom stereocenters. The fraction of sp³-hybridized carbons (Fsp3) is 0.714. The number of halogens is 2. The van der Waals surface area contributed by atoms with E-state index in [4.69, 9.17) is 9.47 Å². The zero-order chi connectivity index (χ0) is 29.3. The Morgan fingerprint density at radius 1 is 1.21 bits per heavy atom. The second-order valence-corrected chi connectivity index (χ2v) is 12.7. The SMILES string of the molecule is CC(C(=O)NC(C(=O)N1CCC2NCC(COc3ccc(F)c(F)c3)C21)C(C)(C)C)N(C)C(O)OC(C)(C)C. The van der Waals surface area contributed by atoms with Gasteiger partial charge in [0.05, 0.1) is 24.3 Å². The van der Waals surface area contributed by atoms with Crippen LogP contribution in [0.25, 0.3) is 0 Å². The third-order valence-corrected chi connectivity index (χ3v) is 7.41. The van der Waals surface area contributed by atoms with Crippen molar-refractivity contribution in [2.75, 3.05) is 26.7 Å². The van der Waals surface area contributed by atoms with Gasteiger partial charge in [-0.05, 0) is 58.7 Å². The van der Waals surface area contributed by atoms with Gasteiger partial charge < -0.3 is 30.1 Å². The van der Waals surface area contributed by atoms with Crippen LogP contribution < -0.4 is 15.4 Å². The number of hydrogen-bond donors (Lipinski definition) is 3. The van der Waals surface area contributed by atoms with Crippen molar-refractivity contribution in [2.45, 2.75) is 91.1 Å². The van der Waals surface area contributed by atoms with E-state index in [0.29, 0.717) is 13.1 Å². The maximum absolute atomic E-state index is 13.9. The van der Waals surface area contributed by atoms with Crippen LogP contribution in [0.2, 0.25) is 0 Å². The van der Waals surface area contributed by atoms with Crippen LogP contribution in [0.15, 0.2) is 18.2 Å². The number of benzene rings is 1. The number of nitrogens with one attached hydrogen (secondary N) is 2. The maximum atomic E-state index is 13.9. The molecule has 39 heavy (non-hydrogen) atoms. The van der Waals surface area contributed by atoms with E-state index in [9.17, 15) is 23.5 Å². The molecule has 2 fully saturated rings. The lowest BCUT2D eigenvalue weighted by Gasteiger charge is -2.38. The number of hydrogen-bond acceptors (Lipinski definition) is 7. The van der Waals surface area contributed by atoms with Crippen LogP contribution in [0.3, 0.4) is 0 Å². The summed E-state index contributed by atoms with van der Waals surface area (Å²) in [5.41, 5.74) is -1.20. The number of ether oxygens (including phenoxy) is 2. The molecule has 0 saturated carbocycles. The Balaban J connectivity index is 1.70. The highest BCUT2D eigenvalue weighted by Crippen LogP contribution is 2.33. The van der Waals surface area contributed by atoms with E-state index in [1.54, 1.807) is 34.7 Å². The normalized spacial score (nSPS) is 23.9. The molecule has 2 aliphatic heterocycles. The first-order valence-electron chi connectivity index (χ1n) is 13.5. The Morgan fingerprint density at radius 2 is 1.87 bits per heavy atom. The monoisotopic (exact) mass is 554 g/mol. The van der Waals surface area contributed by atoms with Crippen LogP contribution in [0.4, 0.5) is 8.78 Å². The Morgan fingerprint density at radius 3 is 2.46 bits per heavy atom. The van der Waals surface area contributed by atoms with Gasteiger partial charge in [0.25, 0.3) is 0 Å². The van der Waals surface area contributed by atoms with E-state index in [2.05, 4.69) is 10.6 Å². The molecule has 6 atom stereocenters. The van der Waals surface area contributed by atoms with Gasteiger partial charge in [0.1, 0.15) is 11.8 Å². The lowest BCUT2D eigenvalue weighted by Crippen LogP contribution is -2.60. The molecule has 3 N–H and O–H groups in total. The van der Waals surface area contributed by atoms with Crippen molar-refractivity contribution in [2.24, 2.45) is 11.3 Å². The molecule has 0 aromatic heterocycles. The van der Waals surface area contributed by atoms with Crippen LogP contribution in [-0.4, -0.2) is 89.6 Å². The molecular formula is C28H44F2N4O5. The van der Waals surface area contributed by atoms with Gasteiger partial charge in [-0.25, -0.2) is 13.7 Å². The topological polar surface area (TPSA) is 103 Å². The lowest BCUT2D eigenvalue weighted by molar-refractivity contribution is -0.239. The van der Waals surface area contributed by atoms with Crippen molar-refractivity contribution in [3.05, 3.63) is 29.8 Å². The molecule has 0 aliphatic carbocycles. The second-order valence-electron chi connectivity index (χ2n) is 12.7. The van der Waals surface area contributed by atoms with Gasteiger partial charge in [-0.15, -0.1) is 0 Å². The minimum atomic E-state index is -1.30. The Labute approximate surface area is 230 Å². The number of fused-ring (bicyclic) bond motifs is 1. The van der Waals surface area contributed by atoms with Gasteiger partial charge in [0.15, 0.2) is 11.6 Å². The first-order valence-corrected chi connectivity index (χ1v) is 13.5. The van der Waals surface area contributed by atoms with Crippen molar-refractivity contribution >= 4 is 11.8 Å². The van der Waals surface area contributed by atoms with E-state index >= 15 is 0 Å². The third kappa shape index (κ3) is 7.65. The third-order valence-electron chi connectivity index (χ3n) is 7.41. The number of rotatable bonds is 9. The number of likely N-dealkylation sites (tertiary alicyclic amines) is 1. The predicted molar refractivity (Wildman–Crippen MR) is 143 cm³/mol. The number of likely N-dealkylation sites (N-methyl/N-ethyl adjacent to an activating group) is 1. The van der Waals surface area contributed by atoms with Crippen molar-refractivity contribution < 1.29 is 33.0 Å². The Hall–Kier alpha value is -2.34. The van der Waals surface area contributed by atoms with Crippen LogP contribution in [0.1, 0.15) is 54.9 Å². The van der Waals surface area contributed by atoms with Gasteiger partial charge in [-0.2, -0.15) is 0 Å². The average Bonchev–Trinajstić information content (AvgIpc) is 3.42. The summed E-state index contributed by atoms with van der Waals surface area (Å²) in [5.74, 6) is -2.35. The van der Waals surface area contributed by atoms with E-state index in [1.807, 2.05) is 25.7 Å². The predicted octanol–water partition coefficient (Wildman–Crippen LogP) is 2.47. The summed E-state index contributed by atoms with van der Waals surface area (Å²) in [5, 5.41) is 16.8. The van der Waals surface area contributed by atoms with E-state index in [-0.39, 0.29) is 36.3 Å². The molecule has 11 heteroatoms. The van der Waals surface area contributed by atoms with Crippen molar-refractivity contribution in [1.29, 1.82) is 0 Å². The van der Waals surface area contributed by atoms with Gasteiger partial charge in [-0.1, -0.05) is 20.8 Å². The van der Waals surface area contributed by atoms with Crippen LogP contribution in [-0.2, 0) is 14.3 Å². The fourth-order valence-electron chi connectivity index (χ4n) is 5.08. The maximum Gasteiger partial charge on any atom is 0.246 e. The molecule has 2 heterocycles. The highest BCUT2D eigenvalue weighted by atomic mass is 19.2. The Kier molecular flexibility index (Phi) is 9.63. The number of carbonyl (C=O) groups excluding carboxylic acids is 2. The molecule has 220 valence electrons. The largest absolute Gasteiger partial charge is 0.493 e. The minimum Gasteiger partial charge on any atom is -0.493 e. The molecule has 0 radical (unpaired) electrons. The van der Waals surface area contributed by atoms with Gasteiger partial charge in [0.2, 0.25) is 18.2 Å². The van der Waals surface area contributed by atoms with Crippen LogP contribution in [0.5, 0.6) is 5.75 Å². The summed E-state index contributed by atoms with van der Waals surface area (Å²) in [6.07, 6.45) is -0.535. The van der Waals surface area contributed by atoms with E-state index in [0.717, 1.165) is 18.6 Å². The number of amides is 2. The van der Waals surface area contributed by atoms with Crippen LogP contribution >= 0.6 is 0 Å². The van der Waals surface area contributed by atoms with Gasteiger partial charge >= 0.3 is 0 Å². The number of carbonyl (C=O) groups is 2. The summed E-state index contributed by atoms with van der Waals surface area (Å²) in [6, 6.07) is 1.76. The number of aliphatic hydroxyl groups is 1. The highest BCUT2D eigenvalue weighted by molar-refractivity contribution is 5.90. The van der Waals surface area contributed by atoms with Crippen LogP contribution in [0, 0.1) is 23.0 Å². The fourth-order valence-corrected chi connectivity index (χ4v) is 5.08. The summed E-state index contributed by atoms with van der Waals surface area (Å²) in [7, 11) is 1.58. The minimum absolute atomic E-state index is 0.0689. The first kappa shape index (κ1) is 31.2. The quantitative estimate of drug-likeness (QED) is 0.403. The zero-order valence-corrected chi connectivity index (χ0v) is 24.3. The van der Waals surface area contributed by atoms with E-state index < -0.39 is 47.1 Å². The standard InChI is InChI=1S/C28H44F2N4O5/c1-16(33(8)26(37)39-28(5,6)7)24(35)32-23(27(2,3)4)25(36)34-12-11-21-22(34)17(14-31-21)15-38-18-9-10-19(29)20(30)13-18/h9-10,13,16-17,21-23,26,31,37H,11-12,14-15H2,1-8H3,(H,32,35). The molecule has 0 bridgehead atoms. The first-order chi connectivity index (χ1) is 18.0. The number of nitrogens with zero attached hydrogens (tertiary/aromatic N) is 2. The summed E-state index contributed by atoms with van der Waals surface area (Å²) >= 11 is 0. The van der Waals surface area contributed by atoms with Gasteiger partial charge in [0, 0.05) is 31.1 Å². The molecular weight excluding hydrogens is 510 g/mol. The molecule has 2 saturated heterocycles. The summed E-state index contributed by atoms with van der Waals surface area (Å²) in [6.45, 7) is 14.1. The molecule has 1 aromatic carbocycles. The van der Waals surface area contributed by atoms with Gasteiger partial charge in [-0.3, -0.25) is 9.59 Å². The molecule has 0 spiro atoms. The zero-order valence-electron chi connectivity index (χ0n) is 24.3. The smallest absolute Gasteiger partial charge is 0.246 e. The summed E-state index contributed by atoms with van der Waals surface area (Å²) in [4.78, 5) is 30.4. The van der Waals surface area contributed by atoms with E-state index in [1.165, 1.54) is 11.0 Å². The highest BCUT2D eigenvalue weighted by Gasteiger charge is 2.49. The molecule has 2 aliphatic rings. The average molecular weight is 555 g/mol. The second kappa shape index (κ2) is 12.0. The lowest BCUT2D eigenvalue weighted by atomic mass is 9.85. The summed E-state index contributed by atoms with van der Waals surface area (Å²) < 4.78 is 38.2. The molecule has 3 rings (SSSR count). The van der Waals surface area contributed by atoms with Crippen molar-refractivity contribution in [3.8, 4) is 5.75 Å².